The summed E-state index contributed by atoms with van der Waals surface area (Å²) in [6.07, 6.45) is 1.23. The van der Waals surface area contributed by atoms with E-state index in [1.807, 2.05) is 0 Å². The third kappa shape index (κ3) is 2.14. The van der Waals surface area contributed by atoms with E-state index < -0.39 is 5.97 Å². The van der Waals surface area contributed by atoms with Gasteiger partial charge in [0, 0.05) is 0 Å². The number of halogens is 1. The molecule has 76 valence electrons. The summed E-state index contributed by atoms with van der Waals surface area (Å²) in [7, 11) is 0. The van der Waals surface area contributed by atoms with E-state index >= 15 is 0 Å². The van der Waals surface area contributed by atoms with Crippen molar-refractivity contribution in [1.82, 2.24) is 9.97 Å². The fourth-order valence-corrected chi connectivity index (χ4v) is 2.07. The van der Waals surface area contributed by atoms with E-state index in [4.69, 9.17) is 16.7 Å². The molecule has 2 rings (SSSR count). The zero-order chi connectivity index (χ0) is 10.8. The predicted molar refractivity (Wildman–Crippen MR) is 57.3 cm³/mol. The van der Waals surface area contributed by atoms with Gasteiger partial charge in [0.1, 0.15) is 6.33 Å². The predicted octanol–water partition coefficient (Wildman–Crippen LogP) is 2.56. The molecule has 0 saturated carbocycles. The van der Waals surface area contributed by atoms with Gasteiger partial charge in [0.15, 0.2) is 5.69 Å². The number of aromatic carboxylic acids is 1. The van der Waals surface area contributed by atoms with E-state index in [0.717, 1.165) is 4.88 Å². The molecule has 1 N–H and O–H groups in total. The Morgan fingerprint density at radius 2 is 2.20 bits per heavy atom. The van der Waals surface area contributed by atoms with Crippen LogP contribution in [0.3, 0.4) is 0 Å². The zero-order valence-electron chi connectivity index (χ0n) is 7.35. The van der Waals surface area contributed by atoms with E-state index in [-0.39, 0.29) is 5.69 Å². The lowest BCUT2D eigenvalue weighted by Crippen LogP contribution is -2.00. The van der Waals surface area contributed by atoms with Crippen LogP contribution >= 0.6 is 22.9 Å². The molecule has 2 heterocycles. The summed E-state index contributed by atoms with van der Waals surface area (Å²) in [5, 5.41) is 8.75. The van der Waals surface area contributed by atoms with Crippen molar-refractivity contribution in [2.45, 2.75) is 0 Å². The third-order valence-corrected chi connectivity index (χ3v) is 2.97. The summed E-state index contributed by atoms with van der Waals surface area (Å²) in [6, 6.07) is 4.95. The van der Waals surface area contributed by atoms with Crippen LogP contribution in [0.5, 0.6) is 0 Å². The molecule has 0 spiro atoms. The first-order chi connectivity index (χ1) is 7.16. The summed E-state index contributed by atoms with van der Waals surface area (Å²) < 4.78 is 0.639. The van der Waals surface area contributed by atoms with Crippen molar-refractivity contribution in [2.75, 3.05) is 0 Å². The second-order valence-corrected chi connectivity index (χ2v) is 4.41. The molecule has 0 aromatic carbocycles. The van der Waals surface area contributed by atoms with Crippen molar-refractivity contribution in [3.8, 4) is 10.6 Å². The van der Waals surface area contributed by atoms with Crippen LogP contribution in [0.25, 0.3) is 10.6 Å². The highest BCUT2D eigenvalue weighted by atomic mass is 35.5. The number of rotatable bonds is 2. The fraction of sp³-hybridized carbons (Fsp3) is 0. The number of carboxylic acid groups (broad SMARTS) is 1. The second-order valence-electron chi connectivity index (χ2n) is 2.70. The van der Waals surface area contributed by atoms with Gasteiger partial charge in [-0.05, 0) is 18.2 Å². The zero-order valence-corrected chi connectivity index (χ0v) is 8.92. The molecule has 0 aliphatic carbocycles. The number of hydrogen-bond donors (Lipinski definition) is 1. The van der Waals surface area contributed by atoms with Crippen molar-refractivity contribution in [3.63, 3.8) is 0 Å². The molecule has 0 aliphatic heterocycles. The van der Waals surface area contributed by atoms with Crippen LogP contribution in [0.2, 0.25) is 4.34 Å². The monoisotopic (exact) mass is 240 g/mol. The van der Waals surface area contributed by atoms with Crippen molar-refractivity contribution in [1.29, 1.82) is 0 Å². The smallest absolute Gasteiger partial charge is 0.354 e. The van der Waals surface area contributed by atoms with Gasteiger partial charge in [-0.2, -0.15) is 0 Å². The molecule has 2 aromatic rings. The van der Waals surface area contributed by atoms with Crippen molar-refractivity contribution < 1.29 is 9.90 Å². The molecule has 0 saturated heterocycles. The average molecular weight is 241 g/mol. The summed E-state index contributed by atoms with van der Waals surface area (Å²) in [5.74, 6) is -1.07. The van der Waals surface area contributed by atoms with Gasteiger partial charge in [-0.1, -0.05) is 11.6 Å². The topological polar surface area (TPSA) is 63.1 Å². The Morgan fingerprint density at radius 3 is 2.80 bits per heavy atom. The SMILES string of the molecule is O=C(O)c1cc(-c2ccc(Cl)s2)ncn1. The highest BCUT2D eigenvalue weighted by Crippen LogP contribution is 2.29. The minimum absolute atomic E-state index is 0.0236. The molecular formula is C9H5ClN2O2S. The lowest BCUT2D eigenvalue weighted by Gasteiger charge is -1.96. The lowest BCUT2D eigenvalue weighted by atomic mass is 10.3. The summed E-state index contributed by atoms with van der Waals surface area (Å²) in [6.45, 7) is 0. The first kappa shape index (κ1) is 10.1. The van der Waals surface area contributed by atoms with E-state index in [0.29, 0.717) is 10.0 Å². The highest BCUT2D eigenvalue weighted by Gasteiger charge is 2.08. The Kier molecular flexibility index (Phi) is 2.66. The molecular weight excluding hydrogens is 236 g/mol. The molecule has 0 unspecified atom stereocenters. The van der Waals surface area contributed by atoms with E-state index in [9.17, 15) is 4.79 Å². The van der Waals surface area contributed by atoms with Crippen LogP contribution in [0, 0.1) is 0 Å². The number of nitrogens with zero attached hydrogens (tertiary/aromatic N) is 2. The Bertz CT molecular complexity index is 512. The van der Waals surface area contributed by atoms with Gasteiger partial charge in [0.05, 0.1) is 14.9 Å². The average Bonchev–Trinajstić information content (AvgIpc) is 2.65. The Balaban J connectivity index is 2.45. The maximum Gasteiger partial charge on any atom is 0.354 e. The van der Waals surface area contributed by atoms with Crippen LogP contribution in [0.4, 0.5) is 0 Å². The minimum atomic E-state index is -1.07. The number of carbonyl (C=O) groups is 1. The standard InChI is InChI=1S/C9H5ClN2O2S/c10-8-2-1-7(15-8)5-3-6(9(13)14)12-4-11-5/h1-4H,(H,13,14). The molecule has 0 atom stereocenters. The van der Waals surface area contributed by atoms with Crippen LogP contribution in [-0.2, 0) is 0 Å². The Morgan fingerprint density at radius 1 is 1.40 bits per heavy atom. The van der Waals surface area contributed by atoms with Gasteiger partial charge in [0.25, 0.3) is 0 Å². The van der Waals surface area contributed by atoms with Crippen LogP contribution in [-0.4, -0.2) is 21.0 Å². The number of hydrogen-bond acceptors (Lipinski definition) is 4. The van der Waals surface area contributed by atoms with Gasteiger partial charge in [-0.25, -0.2) is 14.8 Å². The van der Waals surface area contributed by atoms with E-state index in [2.05, 4.69) is 9.97 Å². The Hall–Kier alpha value is -1.46. The first-order valence-electron chi connectivity index (χ1n) is 3.98. The van der Waals surface area contributed by atoms with Gasteiger partial charge in [0.2, 0.25) is 0 Å². The fourth-order valence-electron chi connectivity index (χ4n) is 1.06. The molecule has 0 bridgehead atoms. The molecule has 15 heavy (non-hydrogen) atoms. The quantitative estimate of drug-likeness (QED) is 0.876. The number of carboxylic acids is 1. The van der Waals surface area contributed by atoms with Crippen LogP contribution in [0.15, 0.2) is 24.5 Å². The van der Waals surface area contributed by atoms with Gasteiger partial charge in [-0.3, -0.25) is 0 Å². The molecule has 0 radical (unpaired) electrons. The first-order valence-corrected chi connectivity index (χ1v) is 5.17. The largest absolute Gasteiger partial charge is 0.477 e. The van der Waals surface area contributed by atoms with Crippen molar-refractivity contribution in [2.24, 2.45) is 0 Å². The normalized spacial score (nSPS) is 10.2. The summed E-state index contributed by atoms with van der Waals surface area (Å²) >= 11 is 7.11. The third-order valence-electron chi connectivity index (χ3n) is 1.71. The number of thiophene rings is 1. The van der Waals surface area contributed by atoms with E-state index in [1.54, 1.807) is 12.1 Å². The van der Waals surface area contributed by atoms with Gasteiger partial charge in [-0.15, -0.1) is 11.3 Å². The van der Waals surface area contributed by atoms with Gasteiger partial charge < -0.3 is 5.11 Å². The maximum absolute atomic E-state index is 10.7. The van der Waals surface area contributed by atoms with Crippen molar-refractivity contribution in [3.05, 3.63) is 34.6 Å². The number of aromatic nitrogens is 2. The molecule has 0 fully saturated rings. The lowest BCUT2D eigenvalue weighted by molar-refractivity contribution is 0.0690. The maximum atomic E-state index is 10.7. The molecule has 0 aliphatic rings. The molecule has 4 nitrogen and oxygen atoms in total. The molecule has 0 amide bonds. The highest BCUT2D eigenvalue weighted by molar-refractivity contribution is 7.19. The Labute approximate surface area is 94.2 Å². The summed E-state index contributed by atoms with van der Waals surface area (Å²) in [5.41, 5.74) is 0.545. The van der Waals surface area contributed by atoms with Gasteiger partial charge >= 0.3 is 5.97 Å². The van der Waals surface area contributed by atoms with E-state index in [1.165, 1.54) is 23.7 Å². The van der Waals surface area contributed by atoms with Crippen LogP contribution in [0.1, 0.15) is 10.5 Å². The minimum Gasteiger partial charge on any atom is -0.477 e. The second kappa shape index (κ2) is 3.96. The van der Waals surface area contributed by atoms with Crippen LogP contribution < -0.4 is 0 Å². The molecule has 2 aromatic heterocycles. The summed E-state index contributed by atoms with van der Waals surface area (Å²) in [4.78, 5) is 19.1. The molecule has 6 heteroatoms. The van der Waals surface area contributed by atoms with Crippen molar-refractivity contribution >= 4 is 28.9 Å².